The summed E-state index contributed by atoms with van der Waals surface area (Å²) in [7, 11) is 0. The summed E-state index contributed by atoms with van der Waals surface area (Å²) in [6.45, 7) is 7.42. The smallest absolute Gasteiger partial charge is 0.0687 e. The molecule has 1 heteroatoms. The molecule has 12 heavy (non-hydrogen) atoms. The van der Waals surface area contributed by atoms with Crippen LogP contribution in [0.4, 0.5) is 0 Å². The van der Waals surface area contributed by atoms with E-state index in [-0.39, 0.29) is 6.61 Å². The summed E-state index contributed by atoms with van der Waals surface area (Å²) in [5.41, 5.74) is 2.87. The Hall–Kier alpha value is -1.34. The molecule has 0 aliphatic carbocycles. The third-order valence-electron chi connectivity index (χ3n) is 1.82. The predicted molar refractivity (Wildman–Crippen MR) is 52.5 cm³/mol. The first-order valence-corrected chi connectivity index (χ1v) is 3.81. The van der Waals surface area contributed by atoms with Gasteiger partial charge in [-0.25, -0.2) is 0 Å². The van der Waals surface area contributed by atoms with Crippen LogP contribution in [0.1, 0.15) is 16.7 Å². The van der Waals surface area contributed by atoms with E-state index in [1.54, 1.807) is 12.2 Å². The fourth-order valence-electron chi connectivity index (χ4n) is 1.20. The first-order chi connectivity index (χ1) is 5.83. The molecule has 0 spiro atoms. The van der Waals surface area contributed by atoms with Gasteiger partial charge in [0.15, 0.2) is 0 Å². The monoisotopic (exact) mass is 160 g/mol. The molecule has 0 aliphatic rings. The van der Waals surface area contributed by atoms with Gasteiger partial charge in [0, 0.05) is 0 Å². The highest BCUT2D eigenvalue weighted by Crippen LogP contribution is 2.17. The average Bonchev–Trinajstić information content (AvgIpc) is 2.16. The highest BCUT2D eigenvalue weighted by Gasteiger charge is 2.00. The van der Waals surface area contributed by atoms with Gasteiger partial charge in [-0.15, -0.1) is 0 Å². The van der Waals surface area contributed by atoms with Crippen molar-refractivity contribution in [2.45, 2.75) is 6.61 Å². The Morgan fingerprint density at radius 2 is 2.00 bits per heavy atom. The second-order valence-corrected chi connectivity index (χ2v) is 2.49. The van der Waals surface area contributed by atoms with E-state index in [9.17, 15) is 0 Å². The first-order valence-electron chi connectivity index (χ1n) is 3.81. The van der Waals surface area contributed by atoms with E-state index >= 15 is 0 Å². The lowest BCUT2D eigenvalue weighted by atomic mass is 10.0. The number of rotatable bonds is 3. The molecule has 0 heterocycles. The van der Waals surface area contributed by atoms with Crippen LogP contribution in [-0.4, -0.2) is 5.11 Å². The van der Waals surface area contributed by atoms with Gasteiger partial charge in [0.25, 0.3) is 0 Å². The Morgan fingerprint density at radius 3 is 2.50 bits per heavy atom. The minimum Gasteiger partial charge on any atom is -0.392 e. The molecule has 0 saturated heterocycles. The van der Waals surface area contributed by atoms with Crippen molar-refractivity contribution >= 4 is 12.2 Å². The molecule has 1 aromatic carbocycles. The van der Waals surface area contributed by atoms with E-state index in [0.717, 1.165) is 16.7 Å². The first kappa shape index (κ1) is 8.75. The molecule has 0 amide bonds. The zero-order valence-electron chi connectivity index (χ0n) is 6.96. The van der Waals surface area contributed by atoms with Crippen LogP contribution >= 0.6 is 0 Å². The van der Waals surface area contributed by atoms with Crippen LogP contribution in [0.2, 0.25) is 0 Å². The maximum atomic E-state index is 8.99. The molecule has 0 radical (unpaired) electrons. The van der Waals surface area contributed by atoms with Gasteiger partial charge in [0.2, 0.25) is 0 Å². The second kappa shape index (κ2) is 3.88. The van der Waals surface area contributed by atoms with Crippen LogP contribution in [0.25, 0.3) is 12.2 Å². The molecule has 0 atom stereocenters. The molecule has 0 bridgehead atoms. The Balaban J connectivity index is 3.31. The Morgan fingerprint density at radius 1 is 1.25 bits per heavy atom. The summed E-state index contributed by atoms with van der Waals surface area (Å²) in [4.78, 5) is 0. The van der Waals surface area contributed by atoms with E-state index < -0.39 is 0 Å². The molecule has 0 aliphatic heterocycles. The molecule has 1 N–H and O–H groups in total. The number of aliphatic hydroxyl groups excluding tert-OH is 1. The molecule has 0 unspecified atom stereocenters. The maximum absolute atomic E-state index is 8.99. The van der Waals surface area contributed by atoms with Gasteiger partial charge in [-0.2, -0.15) is 0 Å². The zero-order valence-corrected chi connectivity index (χ0v) is 6.96. The molecular formula is C11H12O. The summed E-state index contributed by atoms with van der Waals surface area (Å²) < 4.78 is 0. The molecule has 1 nitrogen and oxygen atoms in total. The van der Waals surface area contributed by atoms with E-state index in [1.807, 2.05) is 18.2 Å². The minimum atomic E-state index is 0.0447. The van der Waals surface area contributed by atoms with Gasteiger partial charge in [-0.1, -0.05) is 43.5 Å². The van der Waals surface area contributed by atoms with Crippen molar-refractivity contribution in [2.24, 2.45) is 0 Å². The van der Waals surface area contributed by atoms with Crippen LogP contribution in [0.5, 0.6) is 0 Å². The van der Waals surface area contributed by atoms with Crippen molar-refractivity contribution in [2.75, 3.05) is 0 Å². The maximum Gasteiger partial charge on any atom is 0.0687 e. The third-order valence-corrected chi connectivity index (χ3v) is 1.82. The van der Waals surface area contributed by atoms with Crippen molar-refractivity contribution in [3.63, 3.8) is 0 Å². The standard InChI is InChI=1S/C11H12O/c1-3-9-6-5-7-10(8-12)11(9)4-2/h3-7,12H,1-2,8H2. The molecule has 1 rings (SSSR count). The number of hydrogen-bond donors (Lipinski definition) is 1. The lowest BCUT2D eigenvalue weighted by molar-refractivity contribution is 0.281. The molecule has 62 valence electrons. The SMILES string of the molecule is C=Cc1cccc(CO)c1C=C. The van der Waals surface area contributed by atoms with E-state index in [1.165, 1.54) is 0 Å². The lowest BCUT2D eigenvalue weighted by Crippen LogP contribution is -1.90. The van der Waals surface area contributed by atoms with Gasteiger partial charge in [-0.3, -0.25) is 0 Å². The van der Waals surface area contributed by atoms with Crippen molar-refractivity contribution in [1.29, 1.82) is 0 Å². The summed E-state index contributed by atoms with van der Waals surface area (Å²) in [6, 6.07) is 5.72. The normalized spacial score (nSPS) is 9.42. The topological polar surface area (TPSA) is 20.2 Å². The number of hydrogen-bond acceptors (Lipinski definition) is 1. The Bertz CT molecular complexity index is 300. The van der Waals surface area contributed by atoms with Crippen LogP contribution in [0, 0.1) is 0 Å². The highest BCUT2D eigenvalue weighted by atomic mass is 16.3. The Labute approximate surface area is 72.7 Å². The van der Waals surface area contributed by atoms with Crippen molar-refractivity contribution < 1.29 is 5.11 Å². The van der Waals surface area contributed by atoms with Crippen LogP contribution in [0.15, 0.2) is 31.4 Å². The summed E-state index contributed by atoms with van der Waals surface area (Å²) >= 11 is 0. The van der Waals surface area contributed by atoms with Crippen LogP contribution in [0.3, 0.4) is 0 Å². The molecule has 0 saturated carbocycles. The van der Waals surface area contributed by atoms with Crippen molar-refractivity contribution in [3.05, 3.63) is 48.0 Å². The summed E-state index contributed by atoms with van der Waals surface area (Å²) in [5.74, 6) is 0. The van der Waals surface area contributed by atoms with E-state index in [0.29, 0.717) is 0 Å². The lowest BCUT2D eigenvalue weighted by Gasteiger charge is -2.05. The molecule has 0 aromatic heterocycles. The summed E-state index contributed by atoms with van der Waals surface area (Å²) in [5, 5.41) is 8.99. The highest BCUT2D eigenvalue weighted by molar-refractivity contribution is 5.66. The average molecular weight is 160 g/mol. The quantitative estimate of drug-likeness (QED) is 0.720. The van der Waals surface area contributed by atoms with Gasteiger partial charge in [0.1, 0.15) is 0 Å². The molecule has 1 aromatic rings. The largest absolute Gasteiger partial charge is 0.392 e. The van der Waals surface area contributed by atoms with E-state index in [2.05, 4.69) is 13.2 Å². The van der Waals surface area contributed by atoms with Crippen molar-refractivity contribution in [3.8, 4) is 0 Å². The van der Waals surface area contributed by atoms with Crippen molar-refractivity contribution in [1.82, 2.24) is 0 Å². The van der Waals surface area contributed by atoms with Crippen LogP contribution in [-0.2, 0) is 6.61 Å². The molecule has 0 fully saturated rings. The molecular weight excluding hydrogens is 148 g/mol. The number of benzene rings is 1. The van der Waals surface area contributed by atoms with Gasteiger partial charge in [-0.05, 0) is 16.7 Å². The fourth-order valence-corrected chi connectivity index (χ4v) is 1.20. The third kappa shape index (κ3) is 1.46. The Kier molecular flexibility index (Phi) is 2.83. The van der Waals surface area contributed by atoms with Gasteiger partial charge < -0.3 is 5.11 Å². The van der Waals surface area contributed by atoms with E-state index in [4.69, 9.17) is 5.11 Å². The van der Waals surface area contributed by atoms with Gasteiger partial charge in [0.05, 0.1) is 6.61 Å². The summed E-state index contributed by atoms with van der Waals surface area (Å²) in [6.07, 6.45) is 3.50. The number of aliphatic hydroxyl groups is 1. The fraction of sp³-hybridized carbons (Fsp3) is 0.0909. The predicted octanol–water partition coefficient (Wildman–Crippen LogP) is 2.46. The van der Waals surface area contributed by atoms with Gasteiger partial charge >= 0.3 is 0 Å². The minimum absolute atomic E-state index is 0.0447. The van der Waals surface area contributed by atoms with Crippen LogP contribution < -0.4 is 0 Å². The zero-order chi connectivity index (χ0) is 8.97. The second-order valence-electron chi connectivity index (χ2n) is 2.49.